The number of hydrogen-bond donors (Lipinski definition) is 1. The number of anilines is 1. The number of fused-ring (bicyclic) bond motifs is 1. The number of nitrogens with one attached hydrogen (secondary N) is 1. The molecular formula is C21H26N6O3. The van der Waals surface area contributed by atoms with Crippen LogP contribution in [0.1, 0.15) is 31.2 Å². The minimum absolute atomic E-state index is 0.155. The largest absolute Gasteiger partial charge is 0.497 e. The van der Waals surface area contributed by atoms with Crippen LogP contribution < -0.4 is 20.6 Å². The van der Waals surface area contributed by atoms with Gasteiger partial charge in [0.15, 0.2) is 0 Å². The molecule has 1 aliphatic rings. The summed E-state index contributed by atoms with van der Waals surface area (Å²) in [5, 5.41) is 7.07. The van der Waals surface area contributed by atoms with Crippen LogP contribution in [-0.4, -0.2) is 45.3 Å². The third kappa shape index (κ3) is 4.45. The van der Waals surface area contributed by atoms with Gasteiger partial charge in [-0.05, 0) is 36.6 Å². The lowest BCUT2D eigenvalue weighted by Crippen LogP contribution is -2.32. The van der Waals surface area contributed by atoms with E-state index in [1.54, 1.807) is 13.3 Å². The molecule has 1 aromatic carbocycles. The van der Waals surface area contributed by atoms with Crippen molar-refractivity contribution in [2.45, 2.75) is 38.8 Å². The number of rotatable bonds is 6. The first-order valence-electron chi connectivity index (χ1n) is 10.2. The average Bonchev–Trinajstić information content (AvgIpc) is 2.94. The standard InChI is InChI=1S/C21H26N6O3/c1-30-17-8-6-16(7-9-17)14-22-19(28)15-27-21(29)26-13-10-18(23-20(26)24-27)25-11-4-2-3-5-12-25/h6-10,13H,2-5,11-12,14-15H2,1H3,(H,22,28). The highest BCUT2D eigenvalue weighted by molar-refractivity contribution is 5.75. The average molecular weight is 410 g/mol. The summed E-state index contributed by atoms with van der Waals surface area (Å²) in [7, 11) is 1.61. The second-order valence-electron chi connectivity index (χ2n) is 7.42. The van der Waals surface area contributed by atoms with E-state index in [4.69, 9.17) is 4.74 Å². The Morgan fingerprint density at radius 1 is 1.10 bits per heavy atom. The van der Waals surface area contributed by atoms with E-state index >= 15 is 0 Å². The zero-order chi connectivity index (χ0) is 20.9. The van der Waals surface area contributed by atoms with E-state index in [0.29, 0.717) is 12.3 Å². The molecule has 3 heterocycles. The molecule has 1 amide bonds. The minimum atomic E-state index is -0.375. The third-order valence-corrected chi connectivity index (χ3v) is 5.31. The first-order chi connectivity index (χ1) is 14.6. The fraction of sp³-hybridized carbons (Fsp3) is 0.429. The topological polar surface area (TPSA) is 93.8 Å². The van der Waals surface area contributed by atoms with Crippen molar-refractivity contribution in [3.63, 3.8) is 0 Å². The van der Waals surface area contributed by atoms with E-state index < -0.39 is 0 Å². The first kappa shape index (κ1) is 19.9. The molecule has 3 aromatic rings. The van der Waals surface area contributed by atoms with Gasteiger partial charge in [0.25, 0.3) is 5.78 Å². The van der Waals surface area contributed by atoms with Gasteiger partial charge in [-0.15, -0.1) is 5.10 Å². The summed E-state index contributed by atoms with van der Waals surface area (Å²) in [6.45, 7) is 2.13. The first-order valence-corrected chi connectivity index (χ1v) is 10.2. The summed E-state index contributed by atoms with van der Waals surface area (Å²) in [5.41, 5.74) is 0.565. The Balaban J connectivity index is 1.43. The number of methoxy groups -OCH3 is 1. The molecule has 0 aliphatic carbocycles. The molecule has 1 N–H and O–H groups in total. The molecule has 158 valence electrons. The molecule has 1 aliphatic heterocycles. The van der Waals surface area contributed by atoms with Crippen LogP contribution in [0.15, 0.2) is 41.3 Å². The van der Waals surface area contributed by atoms with Gasteiger partial charge in [0.2, 0.25) is 5.91 Å². The molecule has 0 atom stereocenters. The van der Waals surface area contributed by atoms with Crippen LogP contribution in [0.2, 0.25) is 0 Å². The fourth-order valence-electron chi connectivity index (χ4n) is 3.61. The van der Waals surface area contributed by atoms with Gasteiger partial charge in [-0.25, -0.2) is 13.9 Å². The maximum Gasteiger partial charge on any atom is 0.352 e. The molecule has 30 heavy (non-hydrogen) atoms. The molecule has 0 saturated carbocycles. The maximum absolute atomic E-state index is 12.6. The van der Waals surface area contributed by atoms with Gasteiger partial charge in [-0.2, -0.15) is 4.98 Å². The van der Waals surface area contributed by atoms with Gasteiger partial charge in [0.1, 0.15) is 18.1 Å². The number of hydrogen-bond acceptors (Lipinski definition) is 6. The number of aromatic nitrogens is 4. The summed E-state index contributed by atoms with van der Waals surface area (Å²) >= 11 is 0. The molecule has 1 fully saturated rings. The highest BCUT2D eigenvalue weighted by Crippen LogP contribution is 2.17. The summed E-state index contributed by atoms with van der Waals surface area (Å²) in [4.78, 5) is 31.7. The number of nitrogens with zero attached hydrogens (tertiary/aromatic N) is 5. The number of ether oxygens (including phenoxy) is 1. The summed E-state index contributed by atoms with van der Waals surface area (Å²) in [6.07, 6.45) is 6.44. The van der Waals surface area contributed by atoms with Crippen molar-refractivity contribution in [3.8, 4) is 5.75 Å². The third-order valence-electron chi connectivity index (χ3n) is 5.31. The molecule has 0 unspecified atom stereocenters. The van der Waals surface area contributed by atoms with Crippen LogP contribution in [0.25, 0.3) is 5.78 Å². The zero-order valence-electron chi connectivity index (χ0n) is 17.1. The molecular weight excluding hydrogens is 384 g/mol. The van der Waals surface area contributed by atoms with Crippen LogP contribution in [-0.2, 0) is 17.9 Å². The van der Waals surface area contributed by atoms with Crippen LogP contribution in [0.4, 0.5) is 5.82 Å². The van der Waals surface area contributed by atoms with Crippen molar-refractivity contribution in [2.24, 2.45) is 0 Å². The van der Waals surface area contributed by atoms with Gasteiger partial charge in [-0.3, -0.25) is 4.79 Å². The number of amides is 1. The van der Waals surface area contributed by atoms with Crippen molar-refractivity contribution < 1.29 is 9.53 Å². The van der Waals surface area contributed by atoms with Crippen molar-refractivity contribution in [1.82, 2.24) is 24.5 Å². The highest BCUT2D eigenvalue weighted by Gasteiger charge is 2.15. The van der Waals surface area contributed by atoms with Gasteiger partial charge in [-0.1, -0.05) is 25.0 Å². The molecule has 9 heteroatoms. The minimum Gasteiger partial charge on any atom is -0.497 e. The molecule has 9 nitrogen and oxygen atoms in total. The maximum atomic E-state index is 12.6. The lowest BCUT2D eigenvalue weighted by Gasteiger charge is -2.20. The molecule has 0 spiro atoms. The predicted molar refractivity (Wildman–Crippen MR) is 113 cm³/mol. The quantitative estimate of drug-likeness (QED) is 0.663. The van der Waals surface area contributed by atoms with E-state index in [9.17, 15) is 9.59 Å². The Hall–Kier alpha value is -3.36. The second kappa shape index (κ2) is 8.98. The predicted octanol–water partition coefficient (Wildman–Crippen LogP) is 1.60. The normalized spacial score (nSPS) is 14.5. The Morgan fingerprint density at radius 3 is 2.53 bits per heavy atom. The summed E-state index contributed by atoms with van der Waals surface area (Å²) < 4.78 is 7.65. The van der Waals surface area contributed by atoms with E-state index in [1.807, 2.05) is 30.3 Å². The van der Waals surface area contributed by atoms with Crippen molar-refractivity contribution in [3.05, 3.63) is 52.6 Å². The van der Waals surface area contributed by atoms with Crippen molar-refractivity contribution in [2.75, 3.05) is 25.1 Å². The fourth-order valence-corrected chi connectivity index (χ4v) is 3.61. The zero-order valence-corrected chi connectivity index (χ0v) is 17.1. The van der Waals surface area contributed by atoms with E-state index in [0.717, 1.165) is 47.7 Å². The smallest absolute Gasteiger partial charge is 0.352 e. The SMILES string of the molecule is COc1ccc(CNC(=O)Cn2nc3nc(N4CCCCCC4)ccn3c2=O)cc1. The summed E-state index contributed by atoms with van der Waals surface area (Å²) in [6, 6.07) is 9.27. The van der Waals surface area contributed by atoms with E-state index in [2.05, 4.69) is 20.3 Å². The lowest BCUT2D eigenvalue weighted by atomic mass is 10.2. The monoisotopic (exact) mass is 410 g/mol. The van der Waals surface area contributed by atoms with Gasteiger partial charge < -0.3 is 15.0 Å². The Kier molecular flexibility index (Phi) is 5.97. The van der Waals surface area contributed by atoms with Crippen LogP contribution in [0, 0.1) is 0 Å². The lowest BCUT2D eigenvalue weighted by molar-refractivity contribution is -0.122. The van der Waals surface area contributed by atoms with Gasteiger partial charge >= 0.3 is 5.69 Å². The Labute approximate surface area is 174 Å². The van der Waals surface area contributed by atoms with Crippen molar-refractivity contribution in [1.29, 1.82) is 0 Å². The molecule has 1 saturated heterocycles. The second-order valence-corrected chi connectivity index (χ2v) is 7.42. The number of benzene rings is 1. The van der Waals surface area contributed by atoms with Gasteiger partial charge in [0.05, 0.1) is 7.11 Å². The van der Waals surface area contributed by atoms with Crippen molar-refractivity contribution >= 4 is 17.5 Å². The molecule has 0 bridgehead atoms. The molecule has 2 aromatic heterocycles. The van der Waals surface area contributed by atoms with E-state index in [1.165, 1.54) is 17.2 Å². The van der Waals surface area contributed by atoms with Gasteiger partial charge in [0, 0.05) is 25.8 Å². The molecule has 0 radical (unpaired) electrons. The Bertz CT molecular complexity index is 1060. The number of carbonyl (C=O) groups is 1. The number of carbonyl (C=O) groups excluding carboxylic acids is 1. The molecule has 4 rings (SSSR count). The summed E-state index contributed by atoms with van der Waals surface area (Å²) in [5.74, 6) is 1.60. The van der Waals surface area contributed by atoms with Crippen LogP contribution in [0.3, 0.4) is 0 Å². The van der Waals surface area contributed by atoms with Crippen LogP contribution >= 0.6 is 0 Å². The van der Waals surface area contributed by atoms with E-state index in [-0.39, 0.29) is 18.1 Å². The Morgan fingerprint density at radius 2 is 1.83 bits per heavy atom. The van der Waals surface area contributed by atoms with Crippen LogP contribution in [0.5, 0.6) is 5.75 Å². The highest BCUT2D eigenvalue weighted by atomic mass is 16.5.